The summed E-state index contributed by atoms with van der Waals surface area (Å²) in [7, 11) is -0.792. The molecule has 0 spiro atoms. The van der Waals surface area contributed by atoms with Crippen molar-refractivity contribution in [3.8, 4) is 0 Å². The number of hydrogen-bond acceptors (Lipinski definition) is 3. The van der Waals surface area contributed by atoms with Crippen LogP contribution in [0.3, 0.4) is 0 Å². The van der Waals surface area contributed by atoms with Gasteiger partial charge in [0.25, 0.3) is 0 Å². The smallest absolute Gasteiger partial charge is 0.121 e. The molecule has 1 N–H and O–H groups in total. The zero-order valence-corrected chi connectivity index (χ0v) is 10.1. The van der Waals surface area contributed by atoms with E-state index in [1.54, 1.807) is 6.26 Å². The fraction of sp³-hybridized carbons (Fsp3) is 0.636. The third-order valence-corrected chi connectivity index (χ3v) is 4.89. The van der Waals surface area contributed by atoms with Crippen molar-refractivity contribution in [2.45, 2.75) is 37.6 Å². The molecule has 3 atom stereocenters. The summed E-state index contributed by atoms with van der Waals surface area (Å²) in [6.45, 7) is 6.16. The fourth-order valence-corrected chi connectivity index (χ4v) is 3.55. The molecular weight excluding hydrogens is 210 g/mol. The van der Waals surface area contributed by atoms with Crippen molar-refractivity contribution in [3.63, 3.8) is 0 Å². The van der Waals surface area contributed by atoms with Crippen LogP contribution in [0, 0.1) is 0 Å². The molecule has 0 aromatic carbocycles. The van der Waals surface area contributed by atoms with Crippen LogP contribution in [0.4, 0.5) is 0 Å². The Balaban J connectivity index is 2.27. The molecule has 3 nitrogen and oxygen atoms in total. The predicted octanol–water partition coefficient (Wildman–Crippen LogP) is 1.84. The van der Waals surface area contributed by atoms with Crippen molar-refractivity contribution in [2.75, 3.05) is 5.75 Å². The highest BCUT2D eigenvalue weighted by atomic mass is 32.2. The zero-order valence-electron chi connectivity index (χ0n) is 9.32. The first-order chi connectivity index (χ1) is 6.99. The van der Waals surface area contributed by atoms with Crippen LogP contribution < -0.4 is 5.32 Å². The lowest BCUT2D eigenvalue weighted by atomic mass is 10.0. The predicted molar refractivity (Wildman–Crippen MR) is 61.1 cm³/mol. The number of nitrogens with one attached hydrogen (secondary N) is 1. The standard InChI is InChI=1S/C11H17NO2S/c1-8-10(9-5-4-6-14-9)12-11(2,3)7-15(8)13/h4-6,8,10,12H,7H2,1-3H3. The summed E-state index contributed by atoms with van der Waals surface area (Å²) in [5, 5.41) is 3.59. The minimum absolute atomic E-state index is 0.0598. The van der Waals surface area contributed by atoms with Crippen LogP contribution in [-0.4, -0.2) is 20.8 Å². The summed E-state index contributed by atoms with van der Waals surface area (Å²) in [5.74, 6) is 1.58. The topological polar surface area (TPSA) is 42.2 Å². The van der Waals surface area contributed by atoms with Crippen LogP contribution in [0.5, 0.6) is 0 Å². The van der Waals surface area contributed by atoms with Crippen molar-refractivity contribution < 1.29 is 8.63 Å². The van der Waals surface area contributed by atoms with E-state index in [9.17, 15) is 4.21 Å². The summed E-state index contributed by atoms with van der Waals surface area (Å²) >= 11 is 0. The van der Waals surface area contributed by atoms with E-state index in [1.807, 2.05) is 19.1 Å². The third kappa shape index (κ3) is 2.16. The molecule has 15 heavy (non-hydrogen) atoms. The number of hydrogen-bond donors (Lipinski definition) is 1. The Morgan fingerprint density at radius 3 is 2.93 bits per heavy atom. The summed E-state index contributed by atoms with van der Waals surface area (Å²) in [4.78, 5) is 0. The molecule has 0 radical (unpaired) electrons. The van der Waals surface area contributed by atoms with Gasteiger partial charge in [0.15, 0.2) is 0 Å². The second kappa shape index (κ2) is 3.76. The lowest BCUT2D eigenvalue weighted by molar-refractivity contribution is 0.308. The minimum atomic E-state index is -0.792. The lowest BCUT2D eigenvalue weighted by Gasteiger charge is -2.39. The van der Waals surface area contributed by atoms with Crippen LogP contribution in [0.15, 0.2) is 22.8 Å². The van der Waals surface area contributed by atoms with Gasteiger partial charge in [-0.25, -0.2) is 0 Å². The lowest BCUT2D eigenvalue weighted by Crippen LogP contribution is -2.55. The quantitative estimate of drug-likeness (QED) is 0.796. The molecule has 0 amide bonds. The Labute approximate surface area is 92.7 Å². The molecule has 0 saturated carbocycles. The van der Waals surface area contributed by atoms with Crippen molar-refractivity contribution in [2.24, 2.45) is 0 Å². The first kappa shape index (κ1) is 10.9. The average Bonchev–Trinajstić information content (AvgIpc) is 2.63. The van der Waals surface area contributed by atoms with E-state index >= 15 is 0 Å². The Hall–Kier alpha value is -0.610. The highest BCUT2D eigenvalue weighted by molar-refractivity contribution is 7.85. The second-order valence-corrected chi connectivity index (χ2v) is 6.55. The molecule has 2 rings (SSSR count). The van der Waals surface area contributed by atoms with Gasteiger partial charge in [0, 0.05) is 22.1 Å². The first-order valence-electron chi connectivity index (χ1n) is 5.18. The van der Waals surface area contributed by atoms with Gasteiger partial charge in [-0.3, -0.25) is 4.21 Å². The normalized spacial score (nSPS) is 35.3. The Kier molecular flexibility index (Phi) is 2.73. The zero-order chi connectivity index (χ0) is 11.1. The Bertz CT molecular complexity index is 359. The second-order valence-electron chi connectivity index (χ2n) is 4.75. The van der Waals surface area contributed by atoms with Gasteiger partial charge in [-0.2, -0.15) is 0 Å². The molecule has 1 aliphatic rings. The van der Waals surface area contributed by atoms with Gasteiger partial charge >= 0.3 is 0 Å². The van der Waals surface area contributed by atoms with Crippen LogP contribution in [0.1, 0.15) is 32.6 Å². The molecule has 1 aromatic heterocycles. The summed E-state index contributed by atoms with van der Waals surface area (Å²) in [6, 6.07) is 3.87. The van der Waals surface area contributed by atoms with E-state index in [0.717, 1.165) is 5.76 Å². The van der Waals surface area contributed by atoms with E-state index in [-0.39, 0.29) is 16.8 Å². The Morgan fingerprint density at radius 2 is 2.33 bits per heavy atom. The molecule has 1 fully saturated rings. The summed E-state index contributed by atoms with van der Waals surface area (Å²) < 4.78 is 17.3. The van der Waals surface area contributed by atoms with Gasteiger partial charge in [0.05, 0.1) is 17.6 Å². The maximum Gasteiger partial charge on any atom is 0.121 e. The highest BCUT2D eigenvalue weighted by Crippen LogP contribution is 2.29. The maximum atomic E-state index is 11.9. The van der Waals surface area contributed by atoms with E-state index in [2.05, 4.69) is 19.2 Å². The number of rotatable bonds is 1. The maximum absolute atomic E-state index is 11.9. The monoisotopic (exact) mass is 227 g/mol. The summed E-state index contributed by atoms with van der Waals surface area (Å²) in [6.07, 6.45) is 1.66. The molecule has 0 bridgehead atoms. The largest absolute Gasteiger partial charge is 0.468 e. The van der Waals surface area contributed by atoms with E-state index < -0.39 is 10.8 Å². The van der Waals surface area contributed by atoms with Gasteiger partial charge in [-0.05, 0) is 32.9 Å². The molecule has 4 heteroatoms. The molecule has 0 aliphatic carbocycles. The molecule has 1 aliphatic heterocycles. The molecular formula is C11H17NO2S. The third-order valence-electron chi connectivity index (χ3n) is 2.78. The molecule has 1 aromatic rings. The van der Waals surface area contributed by atoms with Crippen molar-refractivity contribution in [1.29, 1.82) is 0 Å². The van der Waals surface area contributed by atoms with Crippen molar-refractivity contribution in [1.82, 2.24) is 5.32 Å². The molecule has 3 unspecified atom stereocenters. The highest BCUT2D eigenvalue weighted by Gasteiger charge is 2.38. The SMILES string of the molecule is CC1C(c2ccco2)NC(C)(C)CS1=O. The molecule has 84 valence electrons. The van der Waals surface area contributed by atoms with Gasteiger partial charge in [0.2, 0.25) is 0 Å². The van der Waals surface area contributed by atoms with Gasteiger partial charge < -0.3 is 9.73 Å². The van der Waals surface area contributed by atoms with E-state index in [0.29, 0.717) is 5.75 Å². The average molecular weight is 227 g/mol. The first-order valence-corrected chi connectivity index (χ1v) is 6.56. The van der Waals surface area contributed by atoms with Crippen LogP contribution >= 0.6 is 0 Å². The summed E-state index contributed by atoms with van der Waals surface area (Å²) in [5.41, 5.74) is -0.0885. The molecule has 2 heterocycles. The van der Waals surface area contributed by atoms with E-state index in [1.165, 1.54) is 0 Å². The molecule has 1 saturated heterocycles. The van der Waals surface area contributed by atoms with Crippen molar-refractivity contribution in [3.05, 3.63) is 24.2 Å². The van der Waals surface area contributed by atoms with Gasteiger partial charge in [-0.15, -0.1) is 0 Å². The minimum Gasteiger partial charge on any atom is -0.468 e. The van der Waals surface area contributed by atoms with Gasteiger partial charge in [-0.1, -0.05) is 0 Å². The van der Waals surface area contributed by atoms with E-state index in [4.69, 9.17) is 4.42 Å². The van der Waals surface area contributed by atoms with Crippen molar-refractivity contribution >= 4 is 10.8 Å². The number of furan rings is 1. The Morgan fingerprint density at radius 1 is 1.60 bits per heavy atom. The fourth-order valence-electron chi connectivity index (χ4n) is 1.99. The van der Waals surface area contributed by atoms with Crippen LogP contribution in [0.2, 0.25) is 0 Å². The van der Waals surface area contributed by atoms with Gasteiger partial charge in [0.1, 0.15) is 5.76 Å². The van der Waals surface area contributed by atoms with Crippen LogP contribution in [0.25, 0.3) is 0 Å². The van der Waals surface area contributed by atoms with Crippen LogP contribution in [-0.2, 0) is 10.8 Å².